The van der Waals surface area contributed by atoms with Crippen molar-refractivity contribution in [3.05, 3.63) is 51.4 Å². The zero-order valence-corrected chi connectivity index (χ0v) is 15.6. The highest BCUT2D eigenvalue weighted by molar-refractivity contribution is 5.95. The molecule has 3 aromatic rings. The number of aryl methyl sites for hydroxylation is 1. The van der Waals surface area contributed by atoms with E-state index in [1.807, 2.05) is 13.8 Å². The second-order valence-electron chi connectivity index (χ2n) is 7.07. The predicted molar refractivity (Wildman–Crippen MR) is 103 cm³/mol. The van der Waals surface area contributed by atoms with E-state index in [-0.39, 0.29) is 39.3 Å². The summed E-state index contributed by atoms with van der Waals surface area (Å²) in [5.41, 5.74) is -0.0147. The Balaban J connectivity index is 2.42. The smallest absolute Gasteiger partial charge is 0.335 e. The van der Waals surface area contributed by atoms with Crippen LogP contribution in [0.2, 0.25) is 0 Å². The lowest BCUT2D eigenvalue weighted by molar-refractivity contribution is 0.0697. The first-order chi connectivity index (χ1) is 13.1. The van der Waals surface area contributed by atoms with E-state index in [9.17, 15) is 30.0 Å². The maximum Gasteiger partial charge on any atom is 0.335 e. The summed E-state index contributed by atoms with van der Waals surface area (Å²) in [6.45, 7) is 5.33. The van der Waals surface area contributed by atoms with Crippen molar-refractivity contribution in [1.82, 2.24) is 0 Å². The molecular weight excluding hydrogens is 364 g/mol. The monoisotopic (exact) mass is 384 g/mol. The molecule has 0 radical (unpaired) electrons. The zero-order valence-electron chi connectivity index (χ0n) is 15.6. The molecule has 0 bridgehead atoms. The second-order valence-corrected chi connectivity index (χ2v) is 7.07. The lowest BCUT2D eigenvalue weighted by Crippen LogP contribution is -2.10. The molecule has 0 saturated heterocycles. The number of aromatic hydroxyl groups is 3. The van der Waals surface area contributed by atoms with Crippen LogP contribution in [0.4, 0.5) is 0 Å². The Bertz CT molecular complexity index is 1160. The van der Waals surface area contributed by atoms with Gasteiger partial charge in [-0.15, -0.1) is 0 Å². The summed E-state index contributed by atoms with van der Waals surface area (Å²) < 4.78 is 5.80. The highest BCUT2D eigenvalue weighted by atomic mass is 16.4. The molecule has 0 unspecified atom stereocenters. The molecule has 28 heavy (non-hydrogen) atoms. The molecule has 0 spiro atoms. The third-order valence-electron chi connectivity index (χ3n) is 4.54. The molecule has 146 valence electrons. The van der Waals surface area contributed by atoms with Crippen molar-refractivity contribution < 1.29 is 29.6 Å². The van der Waals surface area contributed by atoms with Crippen LogP contribution in [0.5, 0.6) is 17.2 Å². The van der Waals surface area contributed by atoms with Gasteiger partial charge in [-0.25, -0.2) is 4.79 Å². The topological polar surface area (TPSA) is 128 Å². The van der Waals surface area contributed by atoms with Crippen LogP contribution in [-0.4, -0.2) is 26.4 Å². The van der Waals surface area contributed by atoms with Gasteiger partial charge in [0.25, 0.3) is 0 Å². The number of phenolic OH excluding ortho intramolecular Hbond substituents is 3. The van der Waals surface area contributed by atoms with Gasteiger partial charge in [-0.05, 0) is 37.0 Å². The first kappa shape index (κ1) is 19.3. The van der Waals surface area contributed by atoms with Gasteiger partial charge in [-0.3, -0.25) is 4.79 Å². The normalized spacial score (nSPS) is 11.3. The largest absolute Gasteiger partial charge is 0.504 e. The highest BCUT2D eigenvalue weighted by Crippen LogP contribution is 2.45. The summed E-state index contributed by atoms with van der Waals surface area (Å²) in [7, 11) is 0. The number of hydrogen-bond acceptors (Lipinski definition) is 6. The van der Waals surface area contributed by atoms with Crippen molar-refractivity contribution in [1.29, 1.82) is 0 Å². The number of carbonyl (C=O) groups is 1. The molecule has 0 aliphatic heterocycles. The SMILES string of the molecule is Cc1oc2c(CC(C)C)c(O)c(O)c(O)c2c(=O)c1-c1cccc(C(=O)O)c1. The van der Waals surface area contributed by atoms with E-state index in [1.165, 1.54) is 18.2 Å². The van der Waals surface area contributed by atoms with Gasteiger partial charge in [0, 0.05) is 5.56 Å². The Morgan fingerprint density at radius 3 is 2.39 bits per heavy atom. The van der Waals surface area contributed by atoms with Gasteiger partial charge in [-0.2, -0.15) is 0 Å². The molecule has 0 saturated carbocycles. The van der Waals surface area contributed by atoms with Gasteiger partial charge in [-0.1, -0.05) is 26.0 Å². The van der Waals surface area contributed by atoms with E-state index in [4.69, 9.17) is 4.42 Å². The van der Waals surface area contributed by atoms with Crippen LogP contribution in [0.25, 0.3) is 22.1 Å². The van der Waals surface area contributed by atoms with Gasteiger partial charge in [0.1, 0.15) is 16.7 Å². The van der Waals surface area contributed by atoms with Gasteiger partial charge in [0.05, 0.1) is 11.1 Å². The van der Waals surface area contributed by atoms with Gasteiger partial charge in [0.15, 0.2) is 11.5 Å². The van der Waals surface area contributed by atoms with Crippen molar-refractivity contribution >= 4 is 16.9 Å². The number of aromatic carboxylic acids is 1. The van der Waals surface area contributed by atoms with Crippen molar-refractivity contribution in [3.63, 3.8) is 0 Å². The Labute approximate surface area is 160 Å². The Morgan fingerprint density at radius 2 is 1.79 bits per heavy atom. The first-order valence-corrected chi connectivity index (χ1v) is 8.70. The van der Waals surface area contributed by atoms with Crippen LogP contribution in [-0.2, 0) is 6.42 Å². The third kappa shape index (κ3) is 3.05. The number of carboxylic acid groups (broad SMARTS) is 1. The Hall–Kier alpha value is -3.48. The van der Waals surface area contributed by atoms with Gasteiger partial charge in [0.2, 0.25) is 11.2 Å². The number of benzene rings is 2. The predicted octanol–water partition coefficient (Wildman–Crippen LogP) is 3.78. The molecule has 0 fully saturated rings. The summed E-state index contributed by atoms with van der Waals surface area (Å²) in [6, 6.07) is 5.79. The quantitative estimate of drug-likeness (QED) is 0.504. The number of rotatable bonds is 4. The zero-order chi connectivity index (χ0) is 20.7. The summed E-state index contributed by atoms with van der Waals surface area (Å²) in [6.07, 6.45) is 0.312. The Kier molecular flexibility index (Phi) is 4.77. The van der Waals surface area contributed by atoms with Crippen molar-refractivity contribution in [2.24, 2.45) is 5.92 Å². The molecular formula is C21H20O7. The standard InChI is InChI=1S/C21H20O7/c1-9(2)7-13-16(22)19(25)18(24)15-17(23)14(10(3)28-20(13)15)11-5-4-6-12(8-11)21(26)27/h4-6,8-9,22,24-25H,7H2,1-3H3,(H,26,27). The average molecular weight is 384 g/mol. The van der Waals surface area contributed by atoms with Crippen LogP contribution in [0, 0.1) is 12.8 Å². The van der Waals surface area contributed by atoms with E-state index in [0.717, 1.165) is 0 Å². The van der Waals surface area contributed by atoms with E-state index in [1.54, 1.807) is 13.0 Å². The molecule has 7 heteroatoms. The molecule has 4 N–H and O–H groups in total. The Morgan fingerprint density at radius 1 is 1.11 bits per heavy atom. The summed E-state index contributed by atoms with van der Waals surface area (Å²) in [5, 5.41) is 39.6. The summed E-state index contributed by atoms with van der Waals surface area (Å²) in [5.74, 6) is -2.95. The summed E-state index contributed by atoms with van der Waals surface area (Å²) in [4.78, 5) is 24.4. The van der Waals surface area contributed by atoms with Crippen LogP contribution in [0.1, 0.15) is 35.5 Å². The van der Waals surface area contributed by atoms with Crippen LogP contribution in [0.3, 0.4) is 0 Å². The molecule has 3 rings (SSSR count). The van der Waals surface area contributed by atoms with Crippen LogP contribution >= 0.6 is 0 Å². The second kappa shape index (κ2) is 6.92. The van der Waals surface area contributed by atoms with E-state index in [2.05, 4.69) is 0 Å². The molecule has 1 heterocycles. The van der Waals surface area contributed by atoms with E-state index in [0.29, 0.717) is 12.0 Å². The molecule has 7 nitrogen and oxygen atoms in total. The molecule has 0 amide bonds. The maximum absolute atomic E-state index is 13.2. The van der Waals surface area contributed by atoms with Crippen LogP contribution < -0.4 is 5.43 Å². The minimum atomic E-state index is -1.14. The molecule has 0 aliphatic carbocycles. The fourth-order valence-electron chi connectivity index (χ4n) is 3.29. The fourth-order valence-corrected chi connectivity index (χ4v) is 3.29. The first-order valence-electron chi connectivity index (χ1n) is 8.70. The van der Waals surface area contributed by atoms with E-state index < -0.39 is 28.6 Å². The highest BCUT2D eigenvalue weighted by Gasteiger charge is 2.26. The molecule has 1 aromatic heterocycles. The molecule has 2 aromatic carbocycles. The number of hydrogen-bond donors (Lipinski definition) is 4. The number of phenols is 3. The number of carboxylic acids is 1. The fraction of sp³-hybridized carbons (Fsp3) is 0.238. The van der Waals surface area contributed by atoms with Crippen molar-refractivity contribution in [2.45, 2.75) is 27.2 Å². The third-order valence-corrected chi connectivity index (χ3v) is 4.54. The summed E-state index contributed by atoms with van der Waals surface area (Å²) >= 11 is 0. The minimum Gasteiger partial charge on any atom is -0.504 e. The van der Waals surface area contributed by atoms with E-state index >= 15 is 0 Å². The minimum absolute atomic E-state index is 0.00198. The van der Waals surface area contributed by atoms with Crippen molar-refractivity contribution in [3.8, 4) is 28.4 Å². The molecule has 0 atom stereocenters. The number of fused-ring (bicyclic) bond motifs is 1. The lowest BCUT2D eigenvalue weighted by Gasteiger charge is -2.15. The maximum atomic E-state index is 13.2. The van der Waals surface area contributed by atoms with Crippen molar-refractivity contribution in [2.75, 3.05) is 0 Å². The van der Waals surface area contributed by atoms with Gasteiger partial charge < -0.3 is 24.8 Å². The van der Waals surface area contributed by atoms with Gasteiger partial charge >= 0.3 is 5.97 Å². The average Bonchev–Trinajstić information content (AvgIpc) is 2.63. The molecule has 0 aliphatic rings. The lowest BCUT2D eigenvalue weighted by atomic mass is 9.95. The van der Waals surface area contributed by atoms with Crippen LogP contribution in [0.15, 0.2) is 33.5 Å².